The molecule has 4 heteroatoms. The van der Waals surface area contributed by atoms with Gasteiger partial charge in [0.05, 0.1) is 0 Å². The number of hydrogen-bond donors (Lipinski definition) is 2. The zero-order valence-electron chi connectivity index (χ0n) is 10.1. The molecule has 2 nitrogen and oxygen atoms in total. The number of thiol groups is 1. The van der Waals surface area contributed by atoms with Gasteiger partial charge < -0.3 is 5.32 Å². The van der Waals surface area contributed by atoms with Crippen LogP contribution in [-0.4, -0.2) is 24.5 Å². The van der Waals surface area contributed by atoms with Crippen LogP contribution in [0.2, 0.25) is 0 Å². The third-order valence-electron chi connectivity index (χ3n) is 2.42. The quantitative estimate of drug-likeness (QED) is 0.588. The van der Waals surface area contributed by atoms with E-state index in [-0.39, 0.29) is 5.91 Å². The van der Waals surface area contributed by atoms with Crippen molar-refractivity contribution in [2.24, 2.45) is 0 Å². The Kier molecular flexibility index (Phi) is 7.21. The van der Waals surface area contributed by atoms with Crippen molar-refractivity contribution in [3.05, 3.63) is 29.8 Å². The second-order valence-electron chi connectivity index (χ2n) is 3.86. The minimum absolute atomic E-state index is 0.00855. The Hall–Kier alpha value is -0.610. The zero-order valence-corrected chi connectivity index (χ0v) is 11.8. The number of carbonyl (C=O) groups is 1. The highest BCUT2D eigenvalue weighted by Gasteiger charge is 2.03. The van der Waals surface area contributed by atoms with E-state index in [1.165, 1.54) is 18.6 Å². The van der Waals surface area contributed by atoms with Gasteiger partial charge in [-0.25, -0.2) is 0 Å². The molecule has 1 N–H and O–H groups in total. The van der Waals surface area contributed by atoms with Crippen molar-refractivity contribution < 1.29 is 4.79 Å². The summed E-state index contributed by atoms with van der Waals surface area (Å²) in [5, 5.41) is 2.92. The largest absolute Gasteiger partial charge is 0.352 e. The summed E-state index contributed by atoms with van der Waals surface area (Å²) in [6.07, 6.45) is 5.57. The molecular weight excluding hydrogens is 250 g/mol. The van der Waals surface area contributed by atoms with Crippen molar-refractivity contribution in [2.45, 2.75) is 24.2 Å². The summed E-state index contributed by atoms with van der Waals surface area (Å²) in [6.45, 7) is 0.754. The lowest BCUT2D eigenvalue weighted by Crippen LogP contribution is -2.24. The Morgan fingerprint density at radius 2 is 2.18 bits per heavy atom. The Labute approximate surface area is 113 Å². The molecule has 1 aromatic carbocycles. The molecule has 0 radical (unpaired) electrons. The molecular formula is C13H19NOS2. The highest BCUT2D eigenvalue weighted by molar-refractivity contribution is 7.98. The van der Waals surface area contributed by atoms with Gasteiger partial charge in [0, 0.05) is 17.0 Å². The highest BCUT2D eigenvalue weighted by Crippen LogP contribution is 2.08. The van der Waals surface area contributed by atoms with E-state index in [0.717, 1.165) is 17.9 Å². The van der Waals surface area contributed by atoms with Gasteiger partial charge in [-0.2, -0.15) is 11.8 Å². The SMILES string of the molecule is CSCCCCCNC(=O)c1cccc(S)c1. The number of amides is 1. The molecule has 0 aromatic heterocycles. The number of benzene rings is 1. The Balaban J connectivity index is 2.21. The molecule has 0 bridgehead atoms. The van der Waals surface area contributed by atoms with E-state index in [1.54, 1.807) is 6.07 Å². The van der Waals surface area contributed by atoms with Crippen molar-refractivity contribution in [1.82, 2.24) is 5.32 Å². The van der Waals surface area contributed by atoms with Crippen LogP contribution in [0, 0.1) is 0 Å². The average Bonchev–Trinajstić information content (AvgIpc) is 2.33. The van der Waals surface area contributed by atoms with Crippen LogP contribution in [-0.2, 0) is 0 Å². The van der Waals surface area contributed by atoms with Gasteiger partial charge in [0.25, 0.3) is 5.91 Å². The predicted octanol–water partition coefficient (Wildman–Crippen LogP) is 3.24. The van der Waals surface area contributed by atoms with Crippen molar-refractivity contribution in [3.63, 3.8) is 0 Å². The maximum Gasteiger partial charge on any atom is 0.251 e. The molecule has 0 aliphatic rings. The fraction of sp³-hybridized carbons (Fsp3) is 0.462. The molecule has 17 heavy (non-hydrogen) atoms. The van der Waals surface area contributed by atoms with Gasteiger partial charge in [-0.15, -0.1) is 12.6 Å². The summed E-state index contributed by atoms with van der Waals surface area (Å²) in [6, 6.07) is 7.30. The van der Waals surface area contributed by atoms with Crippen LogP contribution in [0.4, 0.5) is 0 Å². The normalized spacial score (nSPS) is 10.2. The summed E-state index contributed by atoms with van der Waals surface area (Å²) in [5.41, 5.74) is 0.682. The first kappa shape index (κ1) is 14.5. The zero-order chi connectivity index (χ0) is 12.5. The lowest BCUT2D eigenvalue weighted by molar-refractivity contribution is 0.0953. The van der Waals surface area contributed by atoms with Gasteiger partial charge in [0.1, 0.15) is 0 Å². The predicted molar refractivity (Wildman–Crippen MR) is 78.3 cm³/mol. The van der Waals surface area contributed by atoms with Gasteiger partial charge in [-0.1, -0.05) is 12.5 Å². The summed E-state index contributed by atoms with van der Waals surface area (Å²) in [4.78, 5) is 12.6. The smallest absolute Gasteiger partial charge is 0.251 e. The number of hydrogen-bond acceptors (Lipinski definition) is 3. The van der Waals surface area contributed by atoms with E-state index in [2.05, 4.69) is 24.2 Å². The lowest BCUT2D eigenvalue weighted by atomic mass is 10.2. The minimum atomic E-state index is -0.00855. The Morgan fingerprint density at radius 1 is 1.35 bits per heavy atom. The van der Waals surface area contributed by atoms with Crippen LogP contribution in [0.1, 0.15) is 29.6 Å². The van der Waals surface area contributed by atoms with Crippen molar-refractivity contribution in [2.75, 3.05) is 18.6 Å². The monoisotopic (exact) mass is 269 g/mol. The first-order valence-electron chi connectivity index (χ1n) is 5.80. The maximum atomic E-state index is 11.7. The van der Waals surface area contributed by atoms with Gasteiger partial charge in [0.15, 0.2) is 0 Å². The minimum Gasteiger partial charge on any atom is -0.352 e. The first-order chi connectivity index (χ1) is 8.24. The summed E-state index contributed by atoms with van der Waals surface area (Å²) in [5.74, 6) is 1.20. The number of carbonyl (C=O) groups excluding carboxylic acids is 1. The fourth-order valence-electron chi connectivity index (χ4n) is 1.50. The maximum absolute atomic E-state index is 11.7. The van der Waals surface area contributed by atoms with E-state index in [1.807, 2.05) is 30.0 Å². The van der Waals surface area contributed by atoms with Crippen LogP contribution < -0.4 is 5.32 Å². The molecule has 0 spiro atoms. The fourth-order valence-corrected chi connectivity index (χ4v) is 2.22. The van der Waals surface area contributed by atoms with E-state index in [0.29, 0.717) is 5.56 Å². The number of thioether (sulfide) groups is 1. The number of rotatable bonds is 7. The van der Waals surface area contributed by atoms with Crippen LogP contribution in [0.25, 0.3) is 0 Å². The number of unbranched alkanes of at least 4 members (excludes halogenated alkanes) is 2. The van der Waals surface area contributed by atoms with Crippen molar-refractivity contribution in [1.29, 1.82) is 0 Å². The molecule has 0 aliphatic heterocycles. The summed E-state index contributed by atoms with van der Waals surface area (Å²) >= 11 is 6.08. The standard InChI is InChI=1S/C13H19NOS2/c1-17-9-4-2-3-8-14-13(15)11-6-5-7-12(16)10-11/h5-7,10,16H,2-4,8-9H2,1H3,(H,14,15). The first-order valence-corrected chi connectivity index (χ1v) is 7.64. The molecule has 0 atom stereocenters. The number of nitrogens with one attached hydrogen (secondary N) is 1. The molecule has 0 aliphatic carbocycles. The van der Waals surface area contributed by atoms with Crippen molar-refractivity contribution >= 4 is 30.3 Å². The molecule has 1 amide bonds. The summed E-state index contributed by atoms with van der Waals surface area (Å²) in [7, 11) is 0. The van der Waals surface area contributed by atoms with E-state index in [4.69, 9.17) is 0 Å². The average molecular weight is 269 g/mol. The molecule has 0 saturated carbocycles. The van der Waals surface area contributed by atoms with Crippen LogP contribution >= 0.6 is 24.4 Å². The lowest BCUT2D eigenvalue weighted by Gasteiger charge is -2.05. The molecule has 1 aromatic rings. The van der Waals surface area contributed by atoms with E-state index >= 15 is 0 Å². The second-order valence-corrected chi connectivity index (χ2v) is 5.36. The van der Waals surface area contributed by atoms with E-state index in [9.17, 15) is 4.79 Å². The van der Waals surface area contributed by atoms with Crippen molar-refractivity contribution in [3.8, 4) is 0 Å². The molecule has 0 fully saturated rings. The van der Waals surface area contributed by atoms with Crippen LogP contribution in [0.5, 0.6) is 0 Å². The van der Waals surface area contributed by atoms with Crippen LogP contribution in [0.3, 0.4) is 0 Å². The molecule has 94 valence electrons. The molecule has 0 saturated heterocycles. The van der Waals surface area contributed by atoms with Crippen LogP contribution in [0.15, 0.2) is 29.2 Å². The van der Waals surface area contributed by atoms with Gasteiger partial charge >= 0.3 is 0 Å². The Bertz CT molecular complexity index is 355. The second kappa shape index (κ2) is 8.48. The van der Waals surface area contributed by atoms with Gasteiger partial charge in [-0.05, 0) is 43.0 Å². The molecule has 0 unspecified atom stereocenters. The van der Waals surface area contributed by atoms with E-state index < -0.39 is 0 Å². The third-order valence-corrected chi connectivity index (χ3v) is 3.39. The highest BCUT2D eigenvalue weighted by atomic mass is 32.2. The van der Waals surface area contributed by atoms with Gasteiger partial charge in [-0.3, -0.25) is 4.79 Å². The summed E-state index contributed by atoms with van der Waals surface area (Å²) < 4.78 is 0. The topological polar surface area (TPSA) is 29.1 Å². The molecule has 1 rings (SSSR count). The molecule has 0 heterocycles. The Morgan fingerprint density at radius 3 is 2.88 bits per heavy atom. The van der Waals surface area contributed by atoms with Gasteiger partial charge in [0.2, 0.25) is 0 Å². The third kappa shape index (κ3) is 6.03.